The molecule has 0 aliphatic carbocycles. The van der Waals surface area contributed by atoms with Crippen LogP contribution >= 0.6 is 0 Å². The molecule has 1 fully saturated rings. The largest absolute Gasteiger partial charge is 0.490 e. The fraction of sp³-hybridized carbons (Fsp3) is 0.528. The Morgan fingerprint density at radius 1 is 1.13 bits per heavy atom. The maximum Gasteiger partial charge on any atom is 0.337 e. The highest BCUT2D eigenvalue weighted by Gasteiger charge is 2.37. The van der Waals surface area contributed by atoms with E-state index in [1.807, 2.05) is 71.9 Å². The molecule has 0 saturated carbocycles. The van der Waals surface area contributed by atoms with Crippen molar-refractivity contribution in [2.75, 3.05) is 24.6 Å². The highest BCUT2D eigenvalue weighted by molar-refractivity contribution is 5.78. The highest BCUT2D eigenvalue weighted by atomic mass is 16.5. The van der Waals surface area contributed by atoms with Crippen LogP contribution in [-0.2, 0) is 32.2 Å². The van der Waals surface area contributed by atoms with E-state index in [9.17, 15) is 9.90 Å². The standard InChI is InChI=1S/C36H50N4O6/c1-10-12-25(4)45-29-20-24(3)13-14-27(29)22-43-23-28-21-30-37-26(5)31(32(34(41)42)46-35(6,7)8)33(40(30)38-28)39-17-15-36(9,16-18-39)44-19-11-2/h10-11,13-14,20-21,25,32H,1-2,12,15-19,22-23H2,3-9H3,(H,41,42)/t25-,32?/m0/s1. The number of benzene rings is 1. The summed E-state index contributed by atoms with van der Waals surface area (Å²) >= 11 is 0. The van der Waals surface area contributed by atoms with E-state index in [4.69, 9.17) is 29.0 Å². The Morgan fingerprint density at radius 3 is 2.48 bits per heavy atom. The monoisotopic (exact) mass is 634 g/mol. The van der Waals surface area contributed by atoms with Gasteiger partial charge in [0.25, 0.3) is 0 Å². The molecule has 10 nitrogen and oxygen atoms in total. The van der Waals surface area contributed by atoms with Crippen LogP contribution in [0.4, 0.5) is 5.82 Å². The van der Waals surface area contributed by atoms with Crippen molar-refractivity contribution in [1.29, 1.82) is 0 Å². The van der Waals surface area contributed by atoms with E-state index in [0.717, 1.165) is 36.1 Å². The zero-order valence-corrected chi connectivity index (χ0v) is 28.5. The van der Waals surface area contributed by atoms with Gasteiger partial charge in [0.15, 0.2) is 11.8 Å². The van der Waals surface area contributed by atoms with Gasteiger partial charge in [0.1, 0.15) is 11.6 Å². The van der Waals surface area contributed by atoms with E-state index in [-0.39, 0.29) is 18.3 Å². The molecule has 0 radical (unpaired) electrons. The van der Waals surface area contributed by atoms with Crippen molar-refractivity contribution in [3.05, 3.63) is 77.7 Å². The number of aryl methyl sites for hydroxylation is 2. The molecule has 46 heavy (non-hydrogen) atoms. The van der Waals surface area contributed by atoms with Gasteiger partial charge in [0.05, 0.1) is 48.4 Å². The fourth-order valence-electron chi connectivity index (χ4n) is 5.68. The zero-order chi connectivity index (χ0) is 33.6. The van der Waals surface area contributed by atoms with Crippen LogP contribution in [0, 0.1) is 13.8 Å². The lowest BCUT2D eigenvalue weighted by Crippen LogP contribution is -2.45. The quantitative estimate of drug-likeness (QED) is 0.179. The van der Waals surface area contributed by atoms with Crippen LogP contribution in [0.15, 0.2) is 49.6 Å². The first kappa shape index (κ1) is 35.1. The number of fused-ring (bicyclic) bond motifs is 1. The normalized spacial score (nSPS) is 16.3. The Labute approximate surface area is 273 Å². The SMILES string of the molecule is C=CCOC1(C)CCN(c2c(C(OC(C)(C)C)C(=O)O)c(C)nc3cc(COCc4ccc(C)cc4O[C@@H](C)CC=C)nn23)CC1. The van der Waals surface area contributed by atoms with Gasteiger partial charge in [-0.2, -0.15) is 9.61 Å². The summed E-state index contributed by atoms with van der Waals surface area (Å²) in [7, 11) is 0. The zero-order valence-electron chi connectivity index (χ0n) is 28.5. The van der Waals surface area contributed by atoms with Gasteiger partial charge in [0, 0.05) is 36.8 Å². The Balaban J connectivity index is 1.67. The first-order chi connectivity index (χ1) is 21.7. The van der Waals surface area contributed by atoms with Gasteiger partial charge in [-0.05, 0) is 72.9 Å². The molecule has 3 aromatic rings. The number of nitrogens with zero attached hydrogens (tertiary/aromatic N) is 4. The third kappa shape index (κ3) is 8.74. The summed E-state index contributed by atoms with van der Waals surface area (Å²) in [6, 6.07) is 7.98. The molecule has 2 atom stereocenters. The predicted molar refractivity (Wildman–Crippen MR) is 180 cm³/mol. The van der Waals surface area contributed by atoms with Crippen LogP contribution < -0.4 is 9.64 Å². The number of hydrogen-bond acceptors (Lipinski definition) is 8. The molecular weight excluding hydrogens is 584 g/mol. The summed E-state index contributed by atoms with van der Waals surface area (Å²) in [5.41, 5.74) is 3.42. The van der Waals surface area contributed by atoms with Gasteiger partial charge >= 0.3 is 5.97 Å². The number of hydrogen-bond donors (Lipinski definition) is 1. The first-order valence-electron chi connectivity index (χ1n) is 16.0. The van der Waals surface area contributed by atoms with E-state index < -0.39 is 17.7 Å². The molecule has 1 aliphatic heterocycles. The van der Waals surface area contributed by atoms with E-state index in [1.54, 1.807) is 10.6 Å². The first-order valence-corrected chi connectivity index (χ1v) is 16.0. The molecule has 3 heterocycles. The lowest BCUT2D eigenvalue weighted by atomic mass is 9.92. The number of aromatic nitrogens is 3. The van der Waals surface area contributed by atoms with E-state index in [2.05, 4.69) is 25.0 Å². The number of carbonyl (C=O) groups is 1. The van der Waals surface area contributed by atoms with Crippen molar-refractivity contribution in [2.24, 2.45) is 0 Å². The minimum Gasteiger partial charge on any atom is -0.490 e. The van der Waals surface area contributed by atoms with Gasteiger partial charge in [-0.1, -0.05) is 24.3 Å². The van der Waals surface area contributed by atoms with Crippen molar-refractivity contribution >= 4 is 17.4 Å². The van der Waals surface area contributed by atoms with E-state index in [0.29, 0.717) is 54.7 Å². The maximum atomic E-state index is 12.7. The molecule has 1 saturated heterocycles. The minimum atomic E-state index is -1.23. The summed E-state index contributed by atoms with van der Waals surface area (Å²) in [6.45, 7) is 23.5. The Hall–Kier alpha value is -3.73. The van der Waals surface area contributed by atoms with Crippen LogP contribution in [-0.4, -0.2) is 62.7 Å². The summed E-state index contributed by atoms with van der Waals surface area (Å²) in [5, 5.41) is 15.3. The van der Waals surface area contributed by atoms with Crippen molar-refractivity contribution in [1.82, 2.24) is 14.6 Å². The smallest absolute Gasteiger partial charge is 0.337 e. The molecule has 0 amide bonds. The molecule has 0 spiro atoms. The second-order valence-corrected chi connectivity index (χ2v) is 13.4. The molecule has 1 aliphatic rings. The number of piperidine rings is 1. The van der Waals surface area contributed by atoms with Crippen LogP contribution in [0.5, 0.6) is 5.75 Å². The third-order valence-corrected chi connectivity index (χ3v) is 8.04. The van der Waals surface area contributed by atoms with E-state index in [1.165, 1.54) is 0 Å². The topological polar surface area (TPSA) is 108 Å². The summed E-state index contributed by atoms with van der Waals surface area (Å²) in [5.74, 6) is 0.383. The maximum absolute atomic E-state index is 12.7. The van der Waals surface area contributed by atoms with Crippen LogP contribution in [0.25, 0.3) is 5.65 Å². The second kappa shape index (κ2) is 14.8. The molecule has 0 bridgehead atoms. The van der Waals surface area contributed by atoms with Crippen molar-refractivity contribution in [3.63, 3.8) is 0 Å². The minimum absolute atomic E-state index is 0.00323. The fourth-order valence-corrected chi connectivity index (χ4v) is 5.68. The van der Waals surface area contributed by atoms with Gasteiger partial charge in [-0.3, -0.25) is 0 Å². The number of carboxylic acids is 1. The predicted octanol–water partition coefficient (Wildman–Crippen LogP) is 6.91. The van der Waals surface area contributed by atoms with Crippen LogP contribution in [0.1, 0.15) is 88.1 Å². The molecule has 250 valence electrons. The van der Waals surface area contributed by atoms with Crippen LogP contribution in [0.2, 0.25) is 0 Å². The number of rotatable bonds is 15. The Morgan fingerprint density at radius 2 is 1.85 bits per heavy atom. The lowest BCUT2D eigenvalue weighted by Gasteiger charge is -2.41. The molecule has 1 aromatic carbocycles. The average Bonchev–Trinajstić information content (AvgIpc) is 3.37. The van der Waals surface area contributed by atoms with Crippen molar-refractivity contribution < 1.29 is 28.8 Å². The number of aliphatic carboxylic acids is 1. The summed E-state index contributed by atoms with van der Waals surface area (Å²) in [6.07, 6.45) is 4.63. The number of anilines is 1. The second-order valence-electron chi connectivity index (χ2n) is 13.4. The molecule has 2 aromatic heterocycles. The molecule has 4 rings (SSSR count). The van der Waals surface area contributed by atoms with Crippen molar-refractivity contribution in [3.8, 4) is 5.75 Å². The Bertz CT molecular complexity index is 1530. The van der Waals surface area contributed by atoms with Gasteiger partial charge in [0.2, 0.25) is 0 Å². The summed E-state index contributed by atoms with van der Waals surface area (Å²) in [4.78, 5) is 19.7. The molecular formula is C36H50N4O6. The number of carboxylic acid groups (broad SMARTS) is 1. The third-order valence-electron chi connectivity index (χ3n) is 8.04. The van der Waals surface area contributed by atoms with E-state index >= 15 is 0 Å². The van der Waals surface area contributed by atoms with Gasteiger partial charge in [-0.25, -0.2) is 9.78 Å². The average molecular weight is 635 g/mol. The van der Waals surface area contributed by atoms with Gasteiger partial charge < -0.3 is 29.0 Å². The number of ether oxygens (including phenoxy) is 4. The van der Waals surface area contributed by atoms with Crippen molar-refractivity contribution in [2.45, 2.75) is 104 Å². The molecule has 1 N–H and O–H groups in total. The molecule has 10 heteroatoms. The summed E-state index contributed by atoms with van der Waals surface area (Å²) < 4.78 is 26.3. The van der Waals surface area contributed by atoms with Crippen LogP contribution in [0.3, 0.4) is 0 Å². The molecule has 1 unspecified atom stereocenters. The van der Waals surface area contributed by atoms with Gasteiger partial charge in [-0.15, -0.1) is 13.2 Å². The Kier molecular flexibility index (Phi) is 11.3. The lowest BCUT2D eigenvalue weighted by molar-refractivity contribution is -0.160. The highest BCUT2D eigenvalue weighted by Crippen LogP contribution is 2.37.